The Morgan fingerprint density at radius 3 is 2.58 bits per heavy atom. The number of carbonyl (C=O) groups is 1. The summed E-state index contributed by atoms with van der Waals surface area (Å²) < 4.78 is 33.9. The Balaban J connectivity index is 1.88. The summed E-state index contributed by atoms with van der Waals surface area (Å²) in [6.45, 7) is 5.41. The number of para-hydroxylation sites is 1. The average Bonchev–Trinajstić information content (AvgIpc) is 2.57. The predicted octanol–water partition coefficient (Wildman–Crippen LogP) is 5.65. The van der Waals surface area contributed by atoms with E-state index in [9.17, 15) is 13.6 Å². The Hall–Kier alpha value is -2.15. The van der Waals surface area contributed by atoms with Gasteiger partial charge in [-0.25, -0.2) is 13.6 Å². The van der Waals surface area contributed by atoms with Crippen molar-refractivity contribution >= 4 is 33.4 Å². The van der Waals surface area contributed by atoms with Crippen molar-refractivity contribution in [2.24, 2.45) is 0 Å². The molecule has 1 aliphatic heterocycles. The van der Waals surface area contributed by atoms with Gasteiger partial charge >= 0.3 is 6.09 Å². The molecular formula is C19H19BrF2N2O2. The molecular weight excluding hydrogens is 406 g/mol. The second-order valence-electron chi connectivity index (χ2n) is 6.90. The summed E-state index contributed by atoms with van der Waals surface area (Å²) in [4.78, 5) is 12.3. The van der Waals surface area contributed by atoms with Crippen molar-refractivity contribution < 1.29 is 18.3 Å². The number of hydrogen-bond acceptors (Lipinski definition) is 3. The molecule has 2 atom stereocenters. The van der Waals surface area contributed by atoms with Crippen molar-refractivity contribution in [1.29, 1.82) is 0 Å². The molecule has 138 valence electrons. The number of benzene rings is 2. The summed E-state index contributed by atoms with van der Waals surface area (Å²) >= 11 is 2.93. The van der Waals surface area contributed by atoms with Gasteiger partial charge in [-0.05, 0) is 48.0 Å². The highest BCUT2D eigenvalue weighted by atomic mass is 79.9. The van der Waals surface area contributed by atoms with Gasteiger partial charge in [-0.15, -0.1) is 0 Å². The van der Waals surface area contributed by atoms with Gasteiger partial charge in [0, 0.05) is 22.9 Å². The Morgan fingerprint density at radius 1 is 1.27 bits per heavy atom. The van der Waals surface area contributed by atoms with Crippen molar-refractivity contribution in [3.8, 4) is 0 Å². The standard InChI is InChI=1S/C19H19BrF2N2O2/c1-10-14-13(9-12(21)15(20)16(14)22)24-19(2,3)17(10)26-18(25)23-11-7-5-4-6-8-11/h4-10,17,24H,1-3H3,(H,23,25)/t10-,17+/m1/s1. The van der Waals surface area contributed by atoms with Crippen molar-refractivity contribution in [3.05, 3.63) is 58.1 Å². The number of ether oxygens (including phenoxy) is 1. The van der Waals surface area contributed by atoms with E-state index in [0.717, 1.165) is 0 Å². The van der Waals surface area contributed by atoms with Gasteiger partial charge in [0.05, 0.1) is 10.0 Å². The summed E-state index contributed by atoms with van der Waals surface area (Å²) in [6.07, 6.45) is -1.29. The lowest BCUT2D eigenvalue weighted by atomic mass is 9.78. The van der Waals surface area contributed by atoms with Crippen LogP contribution < -0.4 is 10.6 Å². The average molecular weight is 425 g/mol. The fourth-order valence-corrected chi connectivity index (χ4v) is 3.71. The van der Waals surface area contributed by atoms with Gasteiger partial charge in [0.25, 0.3) is 0 Å². The molecule has 2 aromatic carbocycles. The summed E-state index contributed by atoms with van der Waals surface area (Å²) in [5.74, 6) is -1.84. The molecule has 0 radical (unpaired) electrons. The first-order valence-corrected chi connectivity index (χ1v) is 8.98. The molecule has 1 heterocycles. The Kier molecular flexibility index (Phi) is 4.92. The van der Waals surface area contributed by atoms with Crippen molar-refractivity contribution in [1.82, 2.24) is 0 Å². The number of anilines is 2. The third kappa shape index (κ3) is 3.40. The maximum Gasteiger partial charge on any atom is 0.411 e. The van der Waals surface area contributed by atoms with Crippen LogP contribution in [0.15, 0.2) is 40.9 Å². The molecule has 0 saturated carbocycles. The van der Waals surface area contributed by atoms with Crippen LogP contribution in [0.1, 0.15) is 32.3 Å². The SMILES string of the molecule is C[C@@H]1c2c(cc(F)c(Br)c2F)NC(C)(C)[C@H]1OC(=O)Nc1ccccc1. The maximum absolute atomic E-state index is 14.6. The zero-order valence-electron chi connectivity index (χ0n) is 14.6. The number of hydrogen-bond donors (Lipinski definition) is 2. The van der Waals surface area contributed by atoms with Crippen LogP contribution >= 0.6 is 15.9 Å². The normalized spacial score (nSPS) is 20.7. The molecule has 1 aliphatic rings. The summed E-state index contributed by atoms with van der Waals surface area (Å²) in [6, 6.07) is 10.2. The first kappa shape index (κ1) is 18.6. The van der Waals surface area contributed by atoms with E-state index in [-0.39, 0.29) is 10.0 Å². The van der Waals surface area contributed by atoms with E-state index in [2.05, 4.69) is 26.6 Å². The third-order valence-electron chi connectivity index (χ3n) is 4.53. The molecule has 0 fully saturated rings. The lowest BCUT2D eigenvalue weighted by molar-refractivity contribution is 0.0560. The first-order chi connectivity index (χ1) is 12.2. The predicted molar refractivity (Wildman–Crippen MR) is 101 cm³/mol. The van der Waals surface area contributed by atoms with E-state index >= 15 is 0 Å². The molecule has 7 heteroatoms. The van der Waals surface area contributed by atoms with Gasteiger partial charge in [0.2, 0.25) is 0 Å². The van der Waals surface area contributed by atoms with Crippen molar-refractivity contribution in [2.75, 3.05) is 10.6 Å². The van der Waals surface area contributed by atoms with Crippen molar-refractivity contribution in [2.45, 2.75) is 38.3 Å². The molecule has 4 nitrogen and oxygen atoms in total. The van der Waals surface area contributed by atoms with Gasteiger partial charge in [0.1, 0.15) is 17.7 Å². The lowest BCUT2D eigenvalue weighted by Crippen LogP contribution is -2.52. The second kappa shape index (κ2) is 6.87. The minimum atomic E-state index is -0.715. The largest absolute Gasteiger partial charge is 0.443 e. The highest BCUT2D eigenvalue weighted by Gasteiger charge is 2.44. The van der Waals surface area contributed by atoms with Crippen LogP contribution in [-0.4, -0.2) is 17.7 Å². The fourth-order valence-electron chi connectivity index (χ4n) is 3.39. The number of amides is 1. The van der Waals surface area contributed by atoms with E-state index in [4.69, 9.17) is 4.74 Å². The van der Waals surface area contributed by atoms with Crippen molar-refractivity contribution in [3.63, 3.8) is 0 Å². The van der Waals surface area contributed by atoms with E-state index < -0.39 is 35.3 Å². The molecule has 0 aliphatic carbocycles. The zero-order chi connectivity index (χ0) is 19.1. The highest BCUT2D eigenvalue weighted by Crippen LogP contribution is 2.44. The molecule has 1 amide bonds. The molecule has 26 heavy (non-hydrogen) atoms. The molecule has 3 rings (SSSR count). The van der Waals surface area contributed by atoms with Gasteiger partial charge in [0.15, 0.2) is 0 Å². The van der Waals surface area contributed by atoms with Gasteiger partial charge < -0.3 is 10.1 Å². The topological polar surface area (TPSA) is 50.4 Å². The van der Waals surface area contributed by atoms with Gasteiger partial charge in [-0.3, -0.25) is 5.32 Å². The quantitative estimate of drug-likeness (QED) is 0.612. The van der Waals surface area contributed by atoms with E-state index in [1.807, 2.05) is 19.9 Å². The van der Waals surface area contributed by atoms with Crippen LogP contribution in [-0.2, 0) is 4.74 Å². The Labute approximate surface area is 159 Å². The van der Waals surface area contributed by atoms with Crippen LogP contribution in [0.3, 0.4) is 0 Å². The van der Waals surface area contributed by atoms with Crippen LogP contribution in [0.25, 0.3) is 0 Å². The van der Waals surface area contributed by atoms with E-state index in [0.29, 0.717) is 11.4 Å². The smallest absolute Gasteiger partial charge is 0.411 e. The van der Waals surface area contributed by atoms with Crippen LogP contribution in [0.2, 0.25) is 0 Å². The molecule has 2 N–H and O–H groups in total. The molecule has 0 saturated heterocycles. The second-order valence-corrected chi connectivity index (χ2v) is 7.69. The summed E-state index contributed by atoms with van der Waals surface area (Å²) in [5, 5.41) is 5.74. The van der Waals surface area contributed by atoms with Gasteiger partial charge in [-0.2, -0.15) is 0 Å². The van der Waals surface area contributed by atoms with E-state index in [1.165, 1.54) is 6.07 Å². The lowest BCUT2D eigenvalue weighted by Gasteiger charge is -2.44. The van der Waals surface area contributed by atoms with Crippen LogP contribution in [0.5, 0.6) is 0 Å². The minimum absolute atomic E-state index is 0.225. The fraction of sp³-hybridized carbons (Fsp3) is 0.316. The first-order valence-electron chi connectivity index (χ1n) is 8.19. The molecule has 0 aromatic heterocycles. The maximum atomic E-state index is 14.6. The number of halogens is 3. The molecule has 0 spiro atoms. The minimum Gasteiger partial charge on any atom is -0.443 e. The number of carbonyl (C=O) groups excluding carboxylic acids is 1. The number of fused-ring (bicyclic) bond motifs is 1. The molecule has 0 bridgehead atoms. The van der Waals surface area contributed by atoms with E-state index in [1.54, 1.807) is 31.2 Å². The number of rotatable bonds is 2. The molecule has 0 unspecified atom stereocenters. The Morgan fingerprint density at radius 2 is 1.92 bits per heavy atom. The zero-order valence-corrected chi connectivity index (χ0v) is 16.2. The van der Waals surface area contributed by atoms with Crippen LogP contribution in [0, 0.1) is 11.6 Å². The summed E-state index contributed by atoms with van der Waals surface area (Å²) in [5.41, 5.74) is 0.537. The summed E-state index contributed by atoms with van der Waals surface area (Å²) in [7, 11) is 0. The Bertz CT molecular complexity index is 843. The van der Waals surface area contributed by atoms with Gasteiger partial charge in [-0.1, -0.05) is 25.1 Å². The highest BCUT2D eigenvalue weighted by molar-refractivity contribution is 9.10. The van der Waals surface area contributed by atoms with Crippen LogP contribution in [0.4, 0.5) is 25.0 Å². The molecule has 2 aromatic rings. The monoisotopic (exact) mass is 424 g/mol. The number of nitrogens with one attached hydrogen (secondary N) is 2. The third-order valence-corrected chi connectivity index (χ3v) is 5.26.